The van der Waals surface area contributed by atoms with Crippen LogP contribution in [0, 0.1) is 0 Å². The number of alkyl halides is 3. The number of hydrogen-bond acceptors (Lipinski definition) is 5. The fourth-order valence-electron chi connectivity index (χ4n) is 3.55. The van der Waals surface area contributed by atoms with Crippen molar-refractivity contribution in [1.82, 2.24) is 4.98 Å². The van der Waals surface area contributed by atoms with Gasteiger partial charge in [-0.05, 0) is 39.0 Å². The fourth-order valence-corrected chi connectivity index (χ4v) is 3.55. The van der Waals surface area contributed by atoms with Crippen LogP contribution in [-0.4, -0.2) is 16.6 Å². The number of esters is 1. The Balaban J connectivity index is 2.21. The summed E-state index contributed by atoms with van der Waals surface area (Å²) in [6, 6.07) is 7.39. The third-order valence-corrected chi connectivity index (χ3v) is 4.63. The number of halogens is 3. The Morgan fingerprint density at radius 3 is 2.35 bits per heavy atom. The first-order valence-corrected chi connectivity index (χ1v) is 9.23. The molecule has 0 aliphatic carbocycles. The van der Waals surface area contributed by atoms with Crippen LogP contribution in [0.1, 0.15) is 36.7 Å². The molecule has 0 radical (unpaired) electrons. The lowest BCUT2D eigenvalue weighted by molar-refractivity contribution is -0.136. The van der Waals surface area contributed by atoms with E-state index in [1.165, 1.54) is 30.3 Å². The van der Waals surface area contributed by atoms with Gasteiger partial charge in [0.25, 0.3) is 0 Å². The van der Waals surface area contributed by atoms with Crippen molar-refractivity contribution in [1.29, 1.82) is 0 Å². The van der Waals surface area contributed by atoms with Crippen LogP contribution in [-0.2, 0) is 10.9 Å². The van der Waals surface area contributed by atoms with Crippen LogP contribution < -0.4 is 11.2 Å². The smallest absolute Gasteiger partial charge is 0.417 e. The number of ether oxygens (including phenoxy) is 1. The van der Waals surface area contributed by atoms with E-state index in [0.29, 0.717) is 6.07 Å². The van der Waals surface area contributed by atoms with Gasteiger partial charge in [0.2, 0.25) is 5.56 Å². The van der Waals surface area contributed by atoms with Gasteiger partial charge in [0, 0.05) is 27.7 Å². The fraction of sp³-hybridized carbons (Fsp3) is 0.227. The van der Waals surface area contributed by atoms with Gasteiger partial charge in [-0.25, -0.2) is 9.59 Å². The lowest BCUT2D eigenvalue weighted by atomic mass is 9.97. The molecule has 6 nitrogen and oxygen atoms in total. The van der Waals surface area contributed by atoms with Gasteiger partial charge in [0.1, 0.15) is 11.2 Å². The minimum atomic E-state index is -4.90. The summed E-state index contributed by atoms with van der Waals surface area (Å²) in [6.45, 7) is 5.02. The van der Waals surface area contributed by atoms with Crippen molar-refractivity contribution in [3.63, 3.8) is 0 Å². The predicted molar refractivity (Wildman–Crippen MR) is 108 cm³/mol. The summed E-state index contributed by atoms with van der Waals surface area (Å²) in [5.41, 5.74) is -4.17. The predicted octanol–water partition coefficient (Wildman–Crippen LogP) is 4.76. The molecule has 0 saturated carbocycles. The summed E-state index contributed by atoms with van der Waals surface area (Å²) in [5.74, 6) is -0.717. The van der Waals surface area contributed by atoms with Gasteiger partial charge in [0.15, 0.2) is 0 Å². The minimum absolute atomic E-state index is 0.0261. The molecule has 2 aromatic carbocycles. The number of fused-ring (bicyclic) bond motifs is 5. The van der Waals surface area contributed by atoms with Crippen molar-refractivity contribution >= 4 is 38.6 Å². The molecule has 0 fully saturated rings. The Morgan fingerprint density at radius 2 is 1.71 bits per heavy atom. The second-order valence-corrected chi connectivity index (χ2v) is 8.03. The lowest BCUT2D eigenvalue weighted by Crippen LogP contribution is -2.24. The van der Waals surface area contributed by atoms with E-state index >= 15 is 0 Å². The van der Waals surface area contributed by atoms with Crippen LogP contribution >= 0.6 is 0 Å². The number of carbonyl (C=O) groups is 1. The molecule has 31 heavy (non-hydrogen) atoms. The van der Waals surface area contributed by atoms with Crippen LogP contribution in [0.5, 0.6) is 0 Å². The zero-order valence-corrected chi connectivity index (χ0v) is 16.6. The molecule has 0 spiro atoms. The number of H-pyrrole nitrogens is 1. The number of benzene rings is 2. The summed E-state index contributed by atoms with van der Waals surface area (Å²) in [4.78, 5) is 39.6. The summed E-state index contributed by atoms with van der Waals surface area (Å²) in [6.07, 6.45) is -4.90. The molecule has 4 rings (SSSR count). The molecule has 1 N–H and O–H groups in total. The number of rotatable bonds is 1. The van der Waals surface area contributed by atoms with E-state index in [4.69, 9.17) is 9.15 Å². The molecule has 0 bridgehead atoms. The van der Waals surface area contributed by atoms with E-state index in [1.807, 2.05) is 0 Å². The van der Waals surface area contributed by atoms with Crippen LogP contribution in [0.3, 0.4) is 0 Å². The summed E-state index contributed by atoms with van der Waals surface area (Å²) in [5, 5.41) is -0.658. The van der Waals surface area contributed by atoms with E-state index in [9.17, 15) is 27.6 Å². The molecule has 2 heterocycles. The van der Waals surface area contributed by atoms with E-state index in [-0.39, 0.29) is 32.8 Å². The largest absolute Gasteiger partial charge is 0.456 e. The van der Waals surface area contributed by atoms with Gasteiger partial charge in [-0.2, -0.15) is 13.2 Å². The molecule has 0 unspecified atom stereocenters. The Kier molecular flexibility index (Phi) is 4.46. The maximum atomic E-state index is 13.7. The Labute approximate surface area is 172 Å². The molecule has 160 valence electrons. The number of hydrogen-bond donors (Lipinski definition) is 1. The molecule has 0 saturated heterocycles. The highest BCUT2D eigenvalue weighted by Crippen LogP contribution is 2.38. The van der Waals surface area contributed by atoms with Gasteiger partial charge < -0.3 is 14.1 Å². The molecule has 4 aromatic rings. The molecule has 0 amide bonds. The number of aromatic nitrogens is 1. The Hall–Kier alpha value is -3.62. The van der Waals surface area contributed by atoms with Crippen LogP contribution in [0.15, 0.2) is 50.4 Å². The van der Waals surface area contributed by atoms with Crippen molar-refractivity contribution in [3.8, 4) is 0 Å². The highest BCUT2D eigenvalue weighted by Gasteiger charge is 2.35. The monoisotopic (exact) mass is 431 g/mol. The standard InChI is InChI=1S/C22H16F3NO5/c1-21(2,3)31-19(28)11-5-4-6-14-16(11)10-7-8-13-18(17(10)20(29)30-14)12(22(23,24)25)9-15(27)26-13/h4-9H,1-3H3,(H,26,27). The maximum Gasteiger partial charge on any atom is 0.417 e. The van der Waals surface area contributed by atoms with Crippen molar-refractivity contribution < 1.29 is 27.1 Å². The highest BCUT2D eigenvalue weighted by atomic mass is 19.4. The van der Waals surface area contributed by atoms with Gasteiger partial charge in [-0.1, -0.05) is 12.1 Å². The molecular formula is C22H16F3NO5. The Morgan fingerprint density at radius 1 is 1.00 bits per heavy atom. The minimum Gasteiger partial charge on any atom is -0.456 e. The zero-order valence-electron chi connectivity index (χ0n) is 16.6. The molecule has 2 aromatic heterocycles. The highest BCUT2D eigenvalue weighted by molar-refractivity contribution is 6.20. The van der Waals surface area contributed by atoms with Crippen molar-refractivity contribution in [2.24, 2.45) is 0 Å². The topological polar surface area (TPSA) is 89.4 Å². The molecule has 0 aliphatic rings. The van der Waals surface area contributed by atoms with E-state index in [2.05, 4.69) is 4.98 Å². The first-order valence-electron chi connectivity index (χ1n) is 9.23. The third-order valence-electron chi connectivity index (χ3n) is 4.63. The van der Waals surface area contributed by atoms with Crippen molar-refractivity contribution in [3.05, 3.63) is 68.3 Å². The normalized spacial score (nSPS) is 12.6. The molecule has 0 atom stereocenters. The lowest BCUT2D eigenvalue weighted by Gasteiger charge is -2.20. The number of aromatic amines is 1. The second-order valence-electron chi connectivity index (χ2n) is 8.03. The average molecular weight is 431 g/mol. The van der Waals surface area contributed by atoms with Crippen molar-refractivity contribution in [2.75, 3.05) is 0 Å². The second kappa shape index (κ2) is 6.69. The summed E-state index contributed by atoms with van der Waals surface area (Å²) in [7, 11) is 0. The number of nitrogens with one attached hydrogen (secondary N) is 1. The zero-order chi connectivity index (χ0) is 22.7. The molecule has 0 aliphatic heterocycles. The van der Waals surface area contributed by atoms with E-state index in [1.54, 1.807) is 20.8 Å². The molecule has 9 heteroatoms. The van der Waals surface area contributed by atoms with Crippen LogP contribution in [0.25, 0.3) is 32.6 Å². The van der Waals surface area contributed by atoms with Gasteiger partial charge in [-0.15, -0.1) is 0 Å². The first-order chi connectivity index (χ1) is 14.4. The Bertz CT molecular complexity index is 1490. The maximum absolute atomic E-state index is 13.7. The third kappa shape index (κ3) is 3.56. The average Bonchev–Trinajstić information content (AvgIpc) is 2.64. The molecular weight excluding hydrogens is 415 g/mol. The van der Waals surface area contributed by atoms with Crippen molar-refractivity contribution in [2.45, 2.75) is 32.5 Å². The summed E-state index contributed by atoms with van der Waals surface area (Å²) >= 11 is 0. The quantitative estimate of drug-likeness (QED) is 0.267. The summed E-state index contributed by atoms with van der Waals surface area (Å²) < 4.78 is 51.8. The number of carbonyl (C=O) groups excluding carboxylic acids is 1. The van der Waals surface area contributed by atoms with Gasteiger partial charge >= 0.3 is 17.8 Å². The number of pyridine rings is 1. The van der Waals surface area contributed by atoms with E-state index in [0.717, 1.165) is 0 Å². The van der Waals surface area contributed by atoms with Gasteiger partial charge in [-0.3, -0.25) is 4.79 Å². The van der Waals surface area contributed by atoms with Crippen LogP contribution in [0.4, 0.5) is 13.2 Å². The SMILES string of the molecule is CC(C)(C)OC(=O)c1cccc2oc(=O)c3c(ccc4[nH]c(=O)cc(C(F)(F)F)c43)c12. The van der Waals surface area contributed by atoms with E-state index < -0.39 is 39.9 Å². The first kappa shape index (κ1) is 20.6. The van der Waals surface area contributed by atoms with Gasteiger partial charge in [0.05, 0.1) is 16.5 Å². The van der Waals surface area contributed by atoms with Crippen LogP contribution in [0.2, 0.25) is 0 Å².